The molecule has 1 aliphatic rings. The van der Waals surface area contributed by atoms with Gasteiger partial charge in [0.15, 0.2) is 0 Å². The molecule has 3 heterocycles. The molecule has 0 aliphatic carbocycles. The van der Waals surface area contributed by atoms with Gasteiger partial charge in [0.05, 0.1) is 29.2 Å². The number of carbonyl (C=O) groups excluding carboxylic acids is 1. The standard InChI is InChI=1S/C19H15ClFN3O2/c20-13-4-5-17-22-16-6-7-23(11-15(16)19(26)24(17)10-13)18(25)9-12-2-1-3-14(21)8-12/h1-5,8,10H,6-7,9,11H2. The summed E-state index contributed by atoms with van der Waals surface area (Å²) in [5.74, 6) is -0.512. The molecule has 0 N–H and O–H groups in total. The summed E-state index contributed by atoms with van der Waals surface area (Å²) in [5, 5.41) is 0.441. The van der Waals surface area contributed by atoms with E-state index in [4.69, 9.17) is 11.6 Å². The Kier molecular flexibility index (Phi) is 4.20. The van der Waals surface area contributed by atoms with Crippen molar-refractivity contribution in [1.82, 2.24) is 14.3 Å². The molecular formula is C19H15ClFN3O2. The van der Waals surface area contributed by atoms with Crippen LogP contribution in [0.5, 0.6) is 0 Å². The molecule has 0 spiro atoms. The average molecular weight is 372 g/mol. The molecule has 132 valence electrons. The molecule has 26 heavy (non-hydrogen) atoms. The Balaban J connectivity index is 1.62. The summed E-state index contributed by atoms with van der Waals surface area (Å²) in [5.41, 5.74) is 2.16. The number of amides is 1. The predicted octanol–water partition coefficient (Wildman–Crippen LogP) is 2.61. The molecule has 3 aromatic rings. The maximum absolute atomic E-state index is 13.3. The first-order chi connectivity index (χ1) is 12.5. The molecule has 1 amide bonds. The van der Waals surface area contributed by atoms with Crippen molar-refractivity contribution in [3.05, 3.63) is 80.6 Å². The highest BCUT2D eigenvalue weighted by molar-refractivity contribution is 6.30. The SMILES string of the molecule is O=C(Cc1cccc(F)c1)N1CCc2nc3ccc(Cl)cn3c(=O)c2C1. The molecule has 0 radical (unpaired) electrons. The molecule has 7 heteroatoms. The van der Waals surface area contributed by atoms with E-state index in [9.17, 15) is 14.0 Å². The van der Waals surface area contributed by atoms with Gasteiger partial charge in [-0.25, -0.2) is 9.37 Å². The lowest BCUT2D eigenvalue weighted by Crippen LogP contribution is -2.40. The zero-order chi connectivity index (χ0) is 18.3. The molecule has 5 nitrogen and oxygen atoms in total. The van der Waals surface area contributed by atoms with E-state index >= 15 is 0 Å². The van der Waals surface area contributed by atoms with Crippen molar-refractivity contribution >= 4 is 23.2 Å². The van der Waals surface area contributed by atoms with Crippen molar-refractivity contribution in [2.45, 2.75) is 19.4 Å². The minimum Gasteiger partial charge on any atom is -0.337 e. The van der Waals surface area contributed by atoms with E-state index in [1.807, 2.05) is 0 Å². The van der Waals surface area contributed by atoms with Crippen LogP contribution in [0.1, 0.15) is 16.8 Å². The van der Waals surface area contributed by atoms with Gasteiger partial charge < -0.3 is 4.90 Å². The van der Waals surface area contributed by atoms with Crippen molar-refractivity contribution in [2.24, 2.45) is 0 Å². The quantitative estimate of drug-likeness (QED) is 0.696. The van der Waals surface area contributed by atoms with Gasteiger partial charge in [0, 0.05) is 19.2 Å². The highest BCUT2D eigenvalue weighted by atomic mass is 35.5. The second-order valence-corrected chi connectivity index (χ2v) is 6.73. The van der Waals surface area contributed by atoms with E-state index in [1.54, 1.807) is 29.2 Å². The van der Waals surface area contributed by atoms with Crippen LogP contribution in [0.3, 0.4) is 0 Å². The first kappa shape index (κ1) is 16.7. The van der Waals surface area contributed by atoms with Crippen LogP contribution in [0.4, 0.5) is 4.39 Å². The van der Waals surface area contributed by atoms with Crippen LogP contribution >= 0.6 is 11.6 Å². The summed E-state index contributed by atoms with van der Waals surface area (Å²) in [4.78, 5) is 31.5. The first-order valence-electron chi connectivity index (χ1n) is 8.23. The lowest BCUT2D eigenvalue weighted by Gasteiger charge is -2.28. The molecule has 0 bridgehead atoms. The number of aromatic nitrogens is 2. The zero-order valence-corrected chi connectivity index (χ0v) is 14.5. The van der Waals surface area contributed by atoms with E-state index in [0.717, 1.165) is 0 Å². The highest BCUT2D eigenvalue weighted by Crippen LogP contribution is 2.18. The molecule has 0 atom stereocenters. The predicted molar refractivity (Wildman–Crippen MR) is 95.7 cm³/mol. The Bertz CT molecular complexity index is 1080. The summed E-state index contributed by atoms with van der Waals surface area (Å²) in [6.45, 7) is 0.683. The largest absolute Gasteiger partial charge is 0.337 e. The number of benzene rings is 1. The van der Waals surface area contributed by atoms with Gasteiger partial charge in [-0.1, -0.05) is 23.7 Å². The third-order valence-corrected chi connectivity index (χ3v) is 4.75. The van der Waals surface area contributed by atoms with Gasteiger partial charge >= 0.3 is 0 Å². The van der Waals surface area contributed by atoms with Crippen LogP contribution in [-0.2, 0) is 24.2 Å². The zero-order valence-electron chi connectivity index (χ0n) is 13.8. The van der Waals surface area contributed by atoms with Gasteiger partial charge in [-0.15, -0.1) is 0 Å². The lowest BCUT2D eigenvalue weighted by molar-refractivity contribution is -0.131. The monoisotopic (exact) mass is 371 g/mol. The molecular weight excluding hydrogens is 357 g/mol. The normalized spacial score (nSPS) is 13.7. The summed E-state index contributed by atoms with van der Waals surface area (Å²) >= 11 is 5.97. The summed E-state index contributed by atoms with van der Waals surface area (Å²) in [7, 11) is 0. The van der Waals surface area contributed by atoms with E-state index in [-0.39, 0.29) is 30.2 Å². The van der Waals surface area contributed by atoms with E-state index in [0.29, 0.717) is 40.5 Å². The van der Waals surface area contributed by atoms with Gasteiger partial charge in [0.1, 0.15) is 11.5 Å². The summed E-state index contributed by atoms with van der Waals surface area (Å²) in [6, 6.07) is 9.37. The van der Waals surface area contributed by atoms with Crippen LogP contribution in [0.15, 0.2) is 47.4 Å². The van der Waals surface area contributed by atoms with Crippen molar-refractivity contribution in [3.63, 3.8) is 0 Å². The molecule has 1 aliphatic heterocycles. The topological polar surface area (TPSA) is 54.7 Å². The number of pyridine rings is 1. The minimum absolute atomic E-state index is 0.0985. The number of fused-ring (bicyclic) bond motifs is 2. The Morgan fingerprint density at radius 1 is 1.27 bits per heavy atom. The number of halogens is 2. The molecule has 0 fully saturated rings. The molecule has 0 saturated carbocycles. The fourth-order valence-corrected chi connectivity index (χ4v) is 3.38. The van der Waals surface area contributed by atoms with Crippen molar-refractivity contribution in [2.75, 3.05) is 6.54 Å². The molecule has 1 aromatic carbocycles. The van der Waals surface area contributed by atoms with Gasteiger partial charge in [-0.05, 0) is 29.8 Å². The van der Waals surface area contributed by atoms with Crippen molar-refractivity contribution < 1.29 is 9.18 Å². The second-order valence-electron chi connectivity index (χ2n) is 6.29. The Labute approximate surface area is 153 Å². The van der Waals surface area contributed by atoms with Crippen LogP contribution in [-0.4, -0.2) is 26.7 Å². The number of rotatable bonds is 2. The van der Waals surface area contributed by atoms with Crippen LogP contribution in [0.25, 0.3) is 5.65 Å². The first-order valence-corrected chi connectivity index (χ1v) is 8.61. The van der Waals surface area contributed by atoms with E-state index < -0.39 is 0 Å². The van der Waals surface area contributed by atoms with Gasteiger partial charge in [-0.2, -0.15) is 0 Å². The van der Waals surface area contributed by atoms with Crippen molar-refractivity contribution in [3.8, 4) is 0 Å². The van der Waals surface area contributed by atoms with Gasteiger partial charge in [0.25, 0.3) is 5.56 Å². The van der Waals surface area contributed by atoms with Crippen LogP contribution in [0, 0.1) is 5.82 Å². The average Bonchev–Trinajstić information content (AvgIpc) is 2.62. The fourth-order valence-electron chi connectivity index (χ4n) is 3.22. The summed E-state index contributed by atoms with van der Waals surface area (Å²) in [6.07, 6.45) is 2.14. The Morgan fingerprint density at radius 3 is 2.92 bits per heavy atom. The maximum atomic E-state index is 13.3. The number of hydrogen-bond acceptors (Lipinski definition) is 3. The van der Waals surface area contributed by atoms with Gasteiger partial charge in [-0.3, -0.25) is 14.0 Å². The molecule has 4 rings (SSSR count). The second kappa shape index (κ2) is 6.53. The third kappa shape index (κ3) is 3.08. The smallest absolute Gasteiger partial charge is 0.263 e. The fraction of sp³-hybridized carbons (Fsp3) is 0.211. The van der Waals surface area contributed by atoms with E-state index in [1.165, 1.54) is 22.7 Å². The van der Waals surface area contributed by atoms with Crippen LogP contribution in [0.2, 0.25) is 5.02 Å². The Morgan fingerprint density at radius 2 is 2.12 bits per heavy atom. The molecule has 0 unspecified atom stereocenters. The lowest BCUT2D eigenvalue weighted by atomic mass is 10.1. The van der Waals surface area contributed by atoms with E-state index in [2.05, 4.69) is 4.98 Å². The molecule has 2 aromatic heterocycles. The maximum Gasteiger partial charge on any atom is 0.263 e. The highest BCUT2D eigenvalue weighted by Gasteiger charge is 2.25. The number of nitrogens with zero attached hydrogens (tertiary/aromatic N) is 3. The Hall–Kier alpha value is -2.73. The minimum atomic E-state index is -0.370. The van der Waals surface area contributed by atoms with Crippen molar-refractivity contribution in [1.29, 1.82) is 0 Å². The molecule has 0 saturated heterocycles. The van der Waals surface area contributed by atoms with Gasteiger partial charge in [0.2, 0.25) is 5.91 Å². The number of hydrogen-bond donors (Lipinski definition) is 0. The van der Waals surface area contributed by atoms with Crippen LogP contribution < -0.4 is 5.56 Å². The number of carbonyl (C=O) groups is 1. The summed E-state index contributed by atoms with van der Waals surface area (Å²) < 4.78 is 14.7. The third-order valence-electron chi connectivity index (χ3n) is 4.53.